The molecule has 1 unspecified atom stereocenters. The van der Waals surface area contributed by atoms with Gasteiger partial charge in [0.1, 0.15) is 0 Å². The third-order valence-electron chi connectivity index (χ3n) is 5.31. The molecule has 1 aliphatic rings. The van der Waals surface area contributed by atoms with Crippen LogP contribution in [0.4, 0.5) is 16.2 Å². The number of anilines is 1. The van der Waals surface area contributed by atoms with Gasteiger partial charge in [-0.15, -0.1) is 0 Å². The van der Waals surface area contributed by atoms with Crippen LogP contribution >= 0.6 is 0 Å². The zero-order valence-corrected chi connectivity index (χ0v) is 16.2. The Morgan fingerprint density at radius 2 is 2.15 bits per heavy atom. The Morgan fingerprint density at radius 3 is 2.81 bits per heavy atom. The van der Waals surface area contributed by atoms with Crippen LogP contribution in [0.1, 0.15) is 45.6 Å². The summed E-state index contributed by atoms with van der Waals surface area (Å²) in [6.07, 6.45) is 3.66. The van der Waals surface area contributed by atoms with E-state index in [2.05, 4.69) is 36.3 Å². The number of likely N-dealkylation sites (tertiary alicyclic amines) is 1. The molecular weight excluding hydrogens is 332 g/mol. The molecule has 0 saturated carbocycles. The molecule has 0 radical (unpaired) electrons. The number of hydrogen-bond donors (Lipinski definition) is 2. The van der Waals surface area contributed by atoms with E-state index in [1.165, 1.54) is 31.4 Å². The first kappa shape index (κ1) is 20.2. The van der Waals surface area contributed by atoms with Crippen molar-refractivity contribution in [1.29, 1.82) is 0 Å². The molecule has 1 aromatic rings. The predicted molar refractivity (Wildman–Crippen MR) is 104 cm³/mol. The molecule has 1 fully saturated rings. The average molecular weight is 362 g/mol. The van der Waals surface area contributed by atoms with Crippen molar-refractivity contribution in [3.63, 3.8) is 0 Å². The van der Waals surface area contributed by atoms with Crippen molar-refractivity contribution in [3.8, 4) is 0 Å². The standard InChI is InChI=1S/C19H30N4O3/c1-5-15-7-6-10-22(12-15)19(3,4)13-20-18(24)21-17-11-16(23(25)26)9-8-14(17)2/h8-9,11,15H,5-7,10,12-13H2,1-4H3,(H2,20,21,24). The number of amides is 2. The van der Waals surface area contributed by atoms with Gasteiger partial charge in [0.15, 0.2) is 0 Å². The zero-order chi connectivity index (χ0) is 19.3. The number of rotatable bonds is 6. The van der Waals surface area contributed by atoms with E-state index in [1.54, 1.807) is 6.07 Å². The molecule has 0 aliphatic carbocycles. The Labute approximate surface area is 155 Å². The molecule has 144 valence electrons. The maximum atomic E-state index is 12.3. The van der Waals surface area contributed by atoms with Gasteiger partial charge in [-0.05, 0) is 51.6 Å². The van der Waals surface area contributed by atoms with Gasteiger partial charge in [-0.1, -0.05) is 19.4 Å². The minimum Gasteiger partial charge on any atom is -0.336 e. The highest BCUT2D eigenvalue weighted by molar-refractivity contribution is 5.90. The Balaban J connectivity index is 1.93. The van der Waals surface area contributed by atoms with Gasteiger partial charge in [0.05, 0.1) is 10.6 Å². The van der Waals surface area contributed by atoms with Crippen molar-refractivity contribution in [2.45, 2.75) is 52.5 Å². The van der Waals surface area contributed by atoms with Crippen molar-refractivity contribution in [2.75, 3.05) is 25.0 Å². The van der Waals surface area contributed by atoms with E-state index in [-0.39, 0.29) is 17.3 Å². The second-order valence-electron chi connectivity index (χ2n) is 7.74. The fraction of sp³-hybridized carbons (Fsp3) is 0.632. The van der Waals surface area contributed by atoms with Crippen molar-refractivity contribution in [2.24, 2.45) is 5.92 Å². The smallest absolute Gasteiger partial charge is 0.319 e. The summed E-state index contributed by atoms with van der Waals surface area (Å²) in [5.41, 5.74) is 1.07. The molecule has 7 nitrogen and oxygen atoms in total. The normalized spacial score (nSPS) is 18.4. The van der Waals surface area contributed by atoms with Crippen molar-refractivity contribution < 1.29 is 9.72 Å². The van der Waals surface area contributed by atoms with E-state index < -0.39 is 4.92 Å². The van der Waals surface area contributed by atoms with Crippen LogP contribution in [0, 0.1) is 23.0 Å². The monoisotopic (exact) mass is 362 g/mol. The van der Waals surface area contributed by atoms with Gasteiger partial charge >= 0.3 is 6.03 Å². The summed E-state index contributed by atoms with van der Waals surface area (Å²) >= 11 is 0. The molecular formula is C19H30N4O3. The fourth-order valence-corrected chi connectivity index (χ4v) is 3.38. The van der Waals surface area contributed by atoms with Gasteiger partial charge in [0.2, 0.25) is 0 Å². The number of nitrogens with zero attached hydrogens (tertiary/aromatic N) is 2. The van der Waals surface area contributed by atoms with E-state index in [9.17, 15) is 14.9 Å². The highest BCUT2D eigenvalue weighted by Crippen LogP contribution is 2.26. The molecule has 26 heavy (non-hydrogen) atoms. The number of carbonyl (C=O) groups excluding carboxylic acids is 1. The van der Waals surface area contributed by atoms with Crippen LogP contribution in [0.15, 0.2) is 18.2 Å². The Morgan fingerprint density at radius 1 is 1.42 bits per heavy atom. The van der Waals surface area contributed by atoms with E-state index in [4.69, 9.17) is 0 Å². The van der Waals surface area contributed by atoms with Crippen LogP contribution in [0.5, 0.6) is 0 Å². The molecule has 1 saturated heterocycles. The number of aryl methyl sites for hydroxylation is 1. The van der Waals surface area contributed by atoms with Crippen LogP contribution in [0.25, 0.3) is 0 Å². The Hall–Kier alpha value is -2.15. The summed E-state index contributed by atoms with van der Waals surface area (Å²) in [6.45, 7) is 11.0. The molecule has 1 aliphatic heterocycles. The number of urea groups is 1. The van der Waals surface area contributed by atoms with E-state index >= 15 is 0 Å². The highest BCUT2D eigenvalue weighted by Gasteiger charge is 2.31. The molecule has 2 amide bonds. The van der Waals surface area contributed by atoms with E-state index in [1.807, 2.05) is 6.92 Å². The van der Waals surface area contributed by atoms with Crippen LogP contribution < -0.4 is 10.6 Å². The summed E-state index contributed by atoms with van der Waals surface area (Å²) in [6, 6.07) is 4.11. The van der Waals surface area contributed by atoms with E-state index in [0.29, 0.717) is 12.2 Å². The lowest BCUT2D eigenvalue weighted by atomic mass is 9.91. The fourth-order valence-electron chi connectivity index (χ4n) is 3.38. The first-order chi connectivity index (χ1) is 12.2. The van der Waals surface area contributed by atoms with Gasteiger partial charge in [-0.2, -0.15) is 0 Å². The number of piperidine rings is 1. The molecule has 0 aromatic heterocycles. The molecule has 1 heterocycles. The molecule has 1 atom stereocenters. The Bertz CT molecular complexity index is 660. The summed E-state index contributed by atoms with van der Waals surface area (Å²) in [5, 5.41) is 16.5. The number of nitro benzene ring substituents is 1. The van der Waals surface area contributed by atoms with Crippen molar-refractivity contribution >= 4 is 17.4 Å². The first-order valence-electron chi connectivity index (χ1n) is 9.28. The summed E-state index contributed by atoms with van der Waals surface area (Å²) in [7, 11) is 0. The highest BCUT2D eigenvalue weighted by atomic mass is 16.6. The first-order valence-corrected chi connectivity index (χ1v) is 9.28. The number of carbonyl (C=O) groups is 1. The predicted octanol–water partition coefficient (Wildman–Crippen LogP) is 3.93. The van der Waals surface area contributed by atoms with Crippen LogP contribution in [-0.4, -0.2) is 41.0 Å². The third-order valence-corrected chi connectivity index (χ3v) is 5.31. The second kappa shape index (κ2) is 8.49. The topological polar surface area (TPSA) is 87.5 Å². The number of nitrogens with one attached hydrogen (secondary N) is 2. The quantitative estimate of drug-likeness (QED) is 0.593. The lowest BCUT2D eigenvalue weighted by Gasteiger charge is -2.43. The summed E-state index contributed by atoms with van der Waals surface area (Å²) in [5.74, 6) is 0.726. The van der Waals surface area contributed by atoms with Gasteiger partial charge < -0.3 is 10.6 Å². The SMILES string of the molecule is CCC1CCCN(C(C)(C)CNC(=O)Nc2cc([N+](=O)[O-])ccc2C)C1. The second-order valence-corrected chi connectivity index (χ2v) is 7.74. The lowest BCUT2D eigenvalue weighted by Crippen LogP contribution is -2.55. The zero-order valence-electron chi connectivity index (χ0n) is 16.2. The largest absolute Gasteiger partial charge is 0.336 e. The van der Waals surface area contributed by atoms with Gasteiger partial charge in [0, 0.05) is 30.8 Å². The van der Waals surface area contributed by atoms with Gasteiger partial charge in [-0.25, -0.2) is 4.79 Å². The Kier molecular flexibility index (Phi) is 6.58. The minimum absolute atomic E-state index is 0.0369. The van der Waals surface area contributed by atoms with Crippen LogP contribution in [-0.2, 0) is 0 Å². The molecule has 2 rings (SSSR count). The minimum atomic E-state index is -0.466. The molecule has 0 bridgehead atoms. The maximum Gasteiger partial charge on any atom is 0.319 e. The molecule has 7 heteroatoms. The summed E-state index contributed by atoms with van der Waals surface area (Å²) in [4.78, 5) is 25.2. The lowest BCUT2D eigenvalue weighted by molar-refractivity contribution is -0.384. The van der Waals surface area contributed by atoms with Crippen molar-refractivity contribution in [1.82, 2.24) is 10.2 Å². The molecule has 1 aromatic carbocycles. The number of benzene rings is 1. The average Bonchev–Trinajstić information content (AvgIpc) is 2.62. The molecule has 2 N–H and O–H groups in total. The summed E-state index contributed by atoms with van der Waals surface area (Å²) < 4.78 is 0. The maximum absolute atomic E-state index is 12.3. The number of non-ortho nitro benzene ring substituents is 1. The van der Waals surface area contributed by atoms with Gasteiger partial charge in [-0.3, -0.25) is 15.0 Å². The number of nitro groups is 1. The van der Waals surface area contributed by atoms with Crippen LogP contribution in [0.2, 0.25) is 0 Å². The number of hydrogen-bond acceptors (Lipinski definition) is 4. The molecule has 0 spiro atoms. The van der Waals surface area contributed by atoms with Crippen LogP contribution in [0.3, 0.4) is 0 Å². The van der Waals surface area contributed by atoms with Crippen molar-refractivity contribution in [3.05, 3.63) is 33.9 Å². The van der Waals surface area contributed by atoms with Gasteiger partial charge in [0.25, 0.3) is 5.69 Å². The van der Waals surface area contributed by atoms with E-state index in [0.717, 1.165) is 24.6 Å². The third kappa shape index (κ3) is 5.17.